The van der Waals surface area contributed by atoms with Crippen molar-refractivity contribution in [1.82, 2.24) is 4.98 Å². The number of carbonyl (C=O) groups is 1. The van der Waals surface area contributed by atoms with Crippen molar-refractivity contribution in [2.45, 2.75) is 6.92 Å². The van der Waals surface area contributed by atoms with Crippen LogP contribution < -0.4 is 20.3 Å². The maximum absolute atomic E-state index is 11.1. The molecule has 1 saturated heterocycles. The minimum Gasteiger partial charge on any atom is -0.492 e. The average Bonchev–Trinajstić information content (AvgIpc) is 2.63. The Balaban J connectivity index is 1.66. The summed E-state index contributed by atoms with van der Waals surface area (Å²) in [5, 5.41) is 0. The van der Waals surface area contributed by atoms with Gasteiger partial charge in [0.15, 0.2) is 0 Å². The Bertz CT molecular complexity index is 694. The molecule has 6 nitrogen and oxygen atoms in total. The maximum atomic E-state index is 11.1. The predicted molar refractivity (Wildman–Crippen MR) is 94.8 cm³/mol. The van der Waals surface area contributed by atoms with Crippen molar-refractivity contribution in [1.29, 1.82) is 0 Å². The lowest BCUT2D eigenvalue weighted by atomic mass is 10.2. The fraction of sp³-hybridized carbons (Fsp3) is 0.333. The molecule has 0 spiro atoms. The second kappa shape index (κ2) is 7.21. The van der Waals surface area contributed by atoms with E-state index in [0.29, 0.717) is 12.2 Å². The Morgan fingerprint density at radius 3 is 2.46 bits per heavy atom. The number of para-hydroxylation sites is 2. The van der Waals surface area contributed by atoms with Crippen LogP contribution in [0.1, 0.15) is 17.3 Å². The summed E-state index contributed by atoms with van der Waals surface area (Å²) >= 11 is 0. The summed E-state index contributed by atoms with van der Waals surface area (Å²) in [5.74, 6) is 1.35. The molecule has 0 radical (unpaired) electrons. The van der Waals surface area contributed by atoms with Crippen molar-refractivity contribution in [2.24, 2.45) is 5.73 Å². The predicted octanol–water partition coefficient (Wildman–Crippen LogP) is 1.91. The summed E-state index contributed by atoms with van der Waals surface area (Å²) in [7, 11) is 0. The van der Waals surface area contributed by atoms with Gasteiger partial charge in [0.05, 0.1) is 17.9 Å². The molecule has 6 heteroatoms. The first-order valence-corrected chi connectivity index (χ1v) is 8.16. The van der Waals surface area contributed by atoms with E-state index in [2.05, 4.69) is 20.9 Å². The number of nitrogens with zero attached hydrogens (tertiary/aromatic N) is 3. The van der Waals surface area contributed by atoms with Gasteiger partial charge in [0, 0.05) is 32.4 Å². The highest BCUT2D eigenvalue weighted by molar-refractivity contribution is 5.92. The number of hydrogen-bond acceptors (Lipinski definition) is 5. The van der Waals surface area contributed by atoms with E-state index in [4.69, 9.17) is 10.5 Å². The van der Waals surface area contributed by atoms with Crippen LogP contribution in [0.5, 0.6) is 5.75 Å². The number of piperazine rings is 1. The fourth-order valence-corrected chi connectivity index (χ4v) is 2.89. The molecule has 1 aliphatic rings. The first kappa shape index (κ1) is 16.1. The van der Waals surface area contributed by atoms with Crippen LogP contribution in [0.15, 0.2) is 42.6 Å². The van der Waals surface area contributed by atoms with E-state index in [0.717, 1.165) is 43.4 Å². The quantitative estimate of drug-likeness (QED) is 0.909. The van der Waals surface area contributed by atoms with Gasteiger partial charge in [-0.05, 0) is 31.2 Å². The van der Waals surface area contributed by atoms with Crippen LogP contribution >= 0.6 is 0 Å². The largest absolute Gasteiger partial charge is 0.492 e. The Morgan fingerprint density at radius 2 is 1.83 bits per heavy atom. The van der Waals surface area contributed by atoms with Gasteiger partial charge in [-0.3, -0.25) is 4.79 Å². The van der Waals surface area contributed by atoms with E-state index in [1.54, 1.807) is 6.07 Å². The lowest BCUT2D eigenvalue weighted by Gasteiger charge is -2.37. The van der Waals surface area contributed by atoms with Crippen molar-refractivity contribution in [2.75, 3.05) is 42.6 Å². The molecular formula is C18H22N4O2. The lowest BCUT2D eigenvalue weighted by molar-refractivity contribution is 0.1000. The molecule has 0 saturated carbocycles. The van der Waals surface area contributed by atoms with Gasteiger partial charge in [0.2, 0.25) is 5.91 Å². The van der Waals surface area contributed by atoms with Crippen molar-refractivity contribution in [3.8, 4) is 5.75 Å². The summed E-state index contributed by atoms with van der Waals surface area (Å²) in [6.45, 7) is 6.17. The van der Waals surface area contributed by atoms with Crippen LogP contribution in [-0.2, 0) is 0 Å². The summed E-state index contributed by atoms with van der Waals surface area (Å²) < 4.78 is 5.73. The Labute approximate surface area is 141 Å². The van der Waals surface area contributed by atoms with Crippen LogP contribution in [0.25, 0.3) is 0 Å². The average molecular weight is 326 g/mol. The molecule has 0 bridgehead atoms. The second-order valence-electron chi connectivity index (χ2n) is 5.64. The molecular weight excluding hydrogens is 304 g/mol. The zero-order valence-electron chi connectivity index (χ0n) is 13.8. The number of aromatic nitrogens is 1. The van der Waals surface area contributed by atoms with Gasteiger partial charge < -0.3 is 20.3 Å². The highest BCUT2D eigenvalue weighted by Crippen LogP contribution is 2.29. The number of anilines is 2. The molecule has 2 aromatic rings. The molecule has 0 atom stereocenters. The number of hydrogen-bond donors (Lipinski definition) is 1. The van der Waals surface area contributed by atoms with Crippen LogP contribution in [0.4, 0.5) is 11.5 Å². The fourth-order valence-electron chi connectivity index (χ4n) is 2.89. The smallest absolute Gasteiger partial charge is 0.250 e. The van der Waals surface area contributed by atoms with E-state index in [9.17, 15) is 4.79 Å². The number of carbonyl (C=O) groups excluding carboxylic acids is 1. The maximum Gasteiger partial charge on any atom is 0.250 e. The lowest BCUT2D eigenvalue weighted by Crippen LogP contribution is -2.47. The molecule has 2 N–H and O–H groups in total. The third-order valence-corrected chi connectivity index (χ3v) is 4.14. The number of benzene rings is 1. The van der Waals surface area contributed by atoms with E-state index in [1.165, 1.54) is 6.20 Å². The van der Waals surface area contributed by atoms with Crippen molar-refractivity contribution >= 4 is 17.4 Å². The Hall–Kier alpha value is -2.76. The molecule has 24 heavy (non-hydrogen) atoms. The first-order valence-electron chi connectivity index (χ1n) is 8.16. The van der Waals surface area contributed by atoms with E-state index >= 15 is 0 Å². The van der Waals surface area contributed by atoms with E-state index in [-0.39, 0.29) is 0 Å². The molecule has 1 aliphatic heterocycles. The SMILES string of the molecule is CCOc1ccccc1N1CCN(c2ccc(C(N)=O)cn2)CC1. The third kappa shape index (κ3) is 3.42. The van der Waals surface area contributed by atoms with Gasteiger partial charge in [-0.2, -0.15) is 0 Å². The van der Waals surface area contributed by atoms with Gasteiger partial charge >= 0.3 is 0 Å². The Morgan fingerprint density at radius 1 is 1.12 bits per heavy atom. The van der Waals surface area contributed by atoms with Crippen LogP contribution in [-0.4, -0.2) is 43.7 Å². The second-order valence-corrected chi connectivity index (χ2v) is 5.64. The zero-order valence-corrected chi connectivity index (χ0v) is 13.8. The monoisotopic (exact) mass is 326 g/mol. The number of ether oxygens (including phenoxy) is 1. The van der Waals surface area contributed by atoms with Crippen molar-refractivity contribution in [3.05, 3.63) is 48.2 Å². The number of pyridine rings is 1. The molecule has 2 heterocycles. The molecule has 0 aliphatic carbocycles. The number of primary amides is 1. The number of amides is 1. The van der Waals surface area contributed by atoms with Crippen LogP contribution in [0.2, 0.25) is 0 Å². The summed E-state index contributed by atoms with van der Waals surface area (Å²) in [4.78, 5) is 20.0. The van der Waals surface area contributed by atoms with Gasteiger partial charge in [0.1, 0.15) is 11.6 Å². The van der Waals surface area contributed by atoms with Gasteiger partial charge in [-0.25, -0.2) is 4.98 Å². The third-order valence-electron chi connectivity index (χ3n) is 4.14. The normalized spacial score (nSPS) is 14.5. The van der Waals surface area contributed by atoms with Gasteiger partial charge in [-0.1, -0.05) is 12.1 Å². The molecule has 1 amide bonds. The summed E-state index contributed by atoms with van der Waals surface area (Å²) in [6, 6.07) is 11.7. The number of nitrogens with two attached hydrogens (primary N) is 1. The molecule has 1 aromatic heterocycles. The Kier molecular flexibility index (Phi) is 4.84. The molecule has 0 unspecified atom stereocenters. The highest BCUT2D eigenvalue weighted by Gasteiger charge is 2.20. The highest BCUT2D eigenvalue weighted by atomic mass is 16.5. The minimum absolute atomic E-state index is 0.433. The topological polar surface area (TPSA) is 71.7 Å². The first-order chi connectivity index (χ1) is 11.7. The van der Waals surface area contributed by atoms with E-state index in [1.807, 2.05) is 31.2 Å². The molecule has 1 aromatic carbocycles. The zero-order chi connectivity index (χ0) is 16.9. The summed E-state index contributed by atoms with van der Waals surface area (Å²) in [5.41, 5.74) is 6.82. The molecule has 126 valence electrons. The van der Waals surface area contributed by atoms with Crippen molar-refractivity contribution in [3.63, 3.8) is 0 Å². The minimum atomic E-state index is -0.452. The summed E-state index contributed by atoms with van der Waals surface area (Å²) in [6.07, 6.45) is 1.54. The van der Waals surface area contributed by atoms with Crippen molar-refractivity contribution < 1.29 is 9.53 Å². The molecule has 1 fully saturated rings. The van der Waals surface area contributed by atoms with Crippen LogP contribution in [0.3, 0.4) is 0 Å². The van der Waals surface area contributed by atoms with Gasteiger partial charge in [-0.15, -0.1) is 0 Å². The van der Waals surface area contributed by atoms with Gasteiger partial charge in [0.25, 0.3) is 0 Å². The number of rotatable bonds is 5. The standard InChI is InChI=1S/C18H22N4O2/c1-2-24-16-6-4-3-5-15(16)21-9-11-22(12-10-21)17-8-7-14(13-20-17)18(19)23/h3-8,13H,2,9-12H2,1H3,(H2,19,23). The van der Waals surface area contributed by atoms with Crippen LogP contribution in [0, 0.1) is 0 Å². The van der Waals surface area contributed by atoms with E-state index < -0.39 is 5.91 Å². The molecule has 3 rings (SSSR count).